The molecule has 0 radical (unpaired) electrons. The van der Waals surface area contributed by atoms with Crippen LogP contribution in [0.4, 0.5) is 5.69 Å². The van der Waals surface area contributed by atoms with Crippen LogP contribution < -0.4 is 15.0 Å². The van der Waals surface area contributed by atoms with Gasteiger partial charge in [-0.25, -0.2) is 0 Å². The largest absolute Gasteiger partial charge is 0.495 e. The van der Waals surface area contributed by atoms with Crippen molar-refractivity contribution in [3.8, 4) is 5.75 Å². The molecule has 0 saturated carbocycles. The molecule has 1 atom stereocenters. The van der Waals surface area contributed by atoms with Crippen LogP contribution in [-0.2, 0) is 4.79 Å². The Morgan fingerprint density at radius 2 is 2.19 bits per heavy atom. The number of nitrogens with two attached hydrogens (primary N) is 1. The van der Waals surface area contributed by atoms with Gasteiger partial charge in [-0.3, -0.25) is 9.69 Å². The summed E-state index contributed by atoms with van der Waals surface area (Å²) >= 11 is 0. The average Bonchev–Trinajstić information content (AvgIpc) is 2.33. The first-order chi connectivity index (χ1) is 7.74. The van der Waals surface area contributed by atoms with Gasteiger partial charge in [-0.05, 0) is 19.1 Å². The van der Waals surface area contributed by atoms with Crippen molar-refractivity contribution in [2.75, 3.05) is 25.1 Å². The Bertz CT molecular complexity index is 392. The number of carbonyl (C=O) groups excluding carboxylic acids is 1. The van der Waals surface area contributed by atoms with Crippen molar-refractivity contribution in [1.29, 1.82) is 0 Å². The van der Waals surface area contributed by atoms with Crippen molar-refractivity contribution >= 4 is 11.6 Å². The molecule has 1 aliphatic rings. The van der Waals surface area contributed by atoms with Crippen LogP contribution in [0.1, 0.15) is 6.92 Å². The summed E-state index contributed by atoms with van der Waals surface area (Å²) in [5, 5.41) is 2.06. The SMILES string of the molecule is COc1ccccc1N1CC[NH2+][C@H](C)C1=O. The number of ether oxygens (including phenoxy) is 1. The number of amides is 1. The summed E-state index contributed by atoms with van der Waals surface area (Å²) in [6.07, 6.45) is 0. The second kappa shape index (κ2) is 4.53. The zero-order valence-electron chi connectivity index (χ0n) is 9.64. The number of carbonyl (C=O) groups is 1. The Hall–Kier alpha value is -1.55. The number of methoxy groups -OCH3 is 1. The molecular formula is C12H17N2O2+. The Balaban J connectivity index is 2.32. The summed E-state index contributed by atoms with van der Waals surface area (Å²) < 4.78 is 5.28. The van der Waals surface area contributed by atoms with Gasteiger partial charge in [0.05, 0.1) is 25.9 Å². The number of anilines is 1. The van der Waals surface area contributed by atoms with Gasteiger partial charge in [0.25, 0.3) is 5.91 Å². The molecule has 0 aliphatic carbocycles. The minimum absolute atomic E-state index is 0.00124. The van der Waals surface area contributed by atoms with E-state index in [1.807, 2.05) is 36.1 Å². The number of piperazine rings is 1. The number of benzene rings is 1. The topological polar surface area (TPSA) is 46.1 Å². The van der Waals surface area contributed by atoms with E-state index in [-0.39, 0.29) is 11.9 Å². The molecule has 16 heavy (non-hydrogen) atoms. The van der Waals surface area contributed by atoms with Gasteiger partial charge < -0.3 is 10.1 Å². The van der Waals surface area contributed by atoms with Crippen molar-refractivity contribution < 1.29 is 14.8 Å². The first-order valence-corrected chi connectivity index (χ1v) is 5.51. The molecule has 2 N–H and O–H groups in total. The molecule has 4 nitrogen and oxygen atoms in total. The van der Waals surface area contributed by atoms with E-state index in [0.717, 1.165) is 24.5 Å². The van der Waals surface area contributed by atoms with Crippen LogP contribution in [-0.4, -0.2) is 32.1 Å². The van der Waals surface area contributed by atoms with Crippen LogP contribution in [0.5, 0.6) is 5.75 Å². The van der Waals surface area contributed by atoms with Gasteiger partial charge in [0.2, 0.25) is 0 Å². The molecule has 0 aromatic heterocycles. The third kappa shape index (κ3) is 1.88. The maximum Gasteiger partial charge on any atom is 0.285 e. The lowest BCUT2D eigenvalue weighted by Gasteiger charge is -2.29. The smallest absolute Gasteiger partial charge is 0.285 e. The highest BCUT2D eigenvalue weighted by Gasteiger charge is 2.30. The van der Waals surface area contributed by atoms with Crippen molar-refractivity contribution in [1.82, 2.24) is 0 Å². The Labute approximate surface area is 95.2 Å². The van der Waals surface area contributed by atoms with Crippen LogP contribution >= 0.6 is 0 Å². The highest BCUT2D eigenvalue weighted by Crippen LogP contribution is 2.28. The lowest BCUT2D eigenvalue weighted by molar-refractivity contribution is -0.674. The van der Waals surface area contributed by atoms with E-state index in [1.54, 1.807) is 7.11 Å². The first kappa shape index (κ1) is 11.0. The van der Waals surface area contributed by atoms with E-state index >= 15 is 0 Å². The highest BCUT2D eigenvalue weighted by atomic mass is 16.5. The van der Waals surface area contributed by atoms with Gasteiger partial charge in [-0.2, -0.15) is 0 Å². The van der Waals surface area contributed by atoms with Crippen LogP contribution in [0.3, 0.4) is 0 Å². The van der Waals surface area contributed by atoms with Crippen molar-refractivity contribution in [2.45, 2.75) is 13.0 Å². The second-order valence-corrected chi connectivity index (χ2v) is 3.97. The zero-order valence-corrected chi connectivity index (χ0v) is 9.64. The van der Waals surface area contributed by atoms with Crippen LogP contribution in [0, 0.1) is 0 Å². The summed E-state index contributed by atoms with van der Waals surface area (Å²) in [6.45, 7) is 3.61. The summed E-state index contributed by atoms with van der Waals surface area (Å²) in [4.78, 5) is 13.8. The number of quaternary nitrogens is 1. The molecular weight excluding hydrogens is 204 g/mol. The molecule has 0 bridgehead atoms. The fraction of sp³-hybridized carbons (Fsp3) is 0.417. The summed E-state index contributed by atoms with van der Waals surface area (Å²) in [6, 6.07) is 7.64. The molecule has 86 valence electrons. The number of hydrogen-bond acceptors (Lipinski definition) is 2. The van der Waals surface area contributed by atoms with Crippen molar-refractivity contribution in [2.24, 2.45) is 0 Å². The number of nitrogens with zero attached hydrogens (tertiary/aromatic N) is 1. The maximum absolute atomic E-state index is 12.0. The van der Waals surface area contributed by atoms with E-state index < -0.39 is 0 Å². The Morgan fingerprint density at radius 3 is 2.94 bits per heavy atom. The normalized spacial score (nSPS) is 21.0. The Kier molecular flexibility index (Phi) is 3.10. The lowest BCUT2D eigenvalue weighted by atomic mass is 10.2. The molecule has 1 saturated heterocycles. The molecule has 1 amide bonds. The lowest BCUT2D eigenvalue weighted by Crippen LogP contribution is -2.96. The molecule has 1 aromatic carbocycles. The van der Waals surface area contributed by atoms with E-state index in [1.165, 1.54) is 0 Å². The average molecular weight is 221 g/mol. The Morgan fingerprint density at radius 1 is 1.44 bits per heavy atom. The van der Waals surface area contributed by atoms with Gasteiger partial charge >= 0.3 is 0 Å². The maximum atomic E-state index is 12.0. The van der Waals surface area contributed by atoms with Gasteiger partial charge in [0.1, 0.15) is 5.75 Å². The summed E-state index contributed by atoms with van der Waals surface area (Å²) in [5.74, 6) is 0.903. The monoisotopic (exact) mass is 221 g/mol. The van der Waals surface area contributed by atoms with Gasteiger partial charge in [0.15, 0.2) is 6.04 Å². The first-order valence-electron chi connectivity index (χ1n) is 5.51. The molecule has 0 spiro atoms. The molecule has 0 unspecified atom stereocenters. The fourth-order valence-electron chi connectivity index (χ4n) is 2.00. The standard InChI is InChI=1S/C12H16N2O2/c1-9-12(15)14(8-7-13-9)10-5-3-4-6-11(10)16-2/h3-6,9,13H,7-8H2,1-2H3/p+1/t9-/m1/s1. The molecule has 1 aromatic rings. The fourth-order valence-corrected chi connectivity index (χ4v) is 2.00. The van der Waals surface area contributed by atoms with Gasteiger partial charge in [-0.15, -0.1) is 0 Å². The third-order valence-electron chi connectivity index (χ3n) is 2.90. The van der Waals surface area contributed by atoms with Gasteiger partial charge in [0, 0.05) is 0 Å². The van der Waals surface area contributed by atoms with Crippen LogP contribution in [0.15, 0.2) is 24.3 Å². The quantitative estimate of drug-likeness (QED) is 0.763. The molecule has 2 rings (SSSR count). The highest BCUT2D eigenvalue weighted by molar-refractivity contribution is 5.97. The molecule has 1 heterocycles. The van der Waals surface area contributed by atoms with Crippen LogP contribution in [0.2, 0.25) is 0 Å². The number of para-hydroxylation sites is 2. The van der Waals surface area contributed by atoms with E-state index in [2.05, 4.69) is 5.32 Å². The summed E-state index contributed by atoms with van der Waals surface area (Å²) in [5.41, 5.74) is 0.870. The van der Waals surface area contributed by atoms with E-state index in [9.17, 15) is 4.79 Å². The van der Waals surface area contributed by atoms with Crippen molar-refractivity contribution in [3.05, 3.63) is 24.3 Å². The van der Waals surface area contributed by atoms with Crippen LogP contribution in [0.25, 0.3) is 0 Å². The number of rotatable bonds is 2. The van der Waals surface area contributed by atoms with E-state index in [4.69, 9.17) is 4.74 Å². The zero-order chi connectivity index (χ0) is 11.5. The van der Waals surface area contributed by atoms with E-state index in [0.29, 0.717) is 0 Å². The van der Waals surface area contributed by atoms with Gasteiger partial charge in [-0.1, -0.05) is 12.1 Å². The molecule has 1 aliphatic heterocycles. The summed E-state index contributed by atoms with van der Waals surface area (Å²) in [7, 11) is 1.63. The minimum Gasteiger partial charge on any atom is -0.495 e. The minimum atomic E-state index is -0.00124. The molecule has 1 fully saturated rings. The van der Waals surface area contributed by atoms with Crippen molar-refractivity contribution in [3.63, 3.8) is 0 Å². The molecule has 4 heteroatoms. The predicted molar refractivity (Wildman–Crippen MR) is 61.6 cm³/mol. The second-order valence-electron chi connectivity index (χ2n) is 3.97. The third-order valence-corrected chi connectivity index (χ3v) is 2.90. The predicted octanol–water partition coefficient (Wildman–Crippen LogP) is -0.00630. The number of hydrogen-bond donors (Lipinski definition) is 1.